The largest absolute Gasteiger partial charge is 0.490 e. The Morgan fingerprint density at radius 3 is 1.78 bits per heavy atom. The van der Waals surface area contributed by atoms with Crippen molar-refractivity contribution in [3.8, 4) is 10.6 Å². The lowest BCUT2D eigenvalue weighted by Crippen LogP contribution is -2.46. The summed E-state index contributed by atoms with van der Waals surface area (Å²) < 4.78 is 64.7. The number of amides is 1. The van der Waals surface area contributed by atoms with Crippen molar-refractivity contribution < 1.29 is 50.9 Å². The van der Waals surface area contributed by atoms with Crippen molar-refractivity contribution >= 4 is 39.4 Å². The Bertz CT molecular complexity index is 1170. The molecule has 1 aliphatic rings. The van der Waals surface area contributed by atoms with Gasteiger partial charge < -0.3 is 20.4 Å². The van der Waals surface area contributed by atoms with E-state index in [1.807, 2.05) is 47.4 Å². The Hall–Kier alpha value is -3.72. The highest BCUT2D eigenvalue weighted by Crippen LogP contribution is 2.30. The fourth-order valence-electron chi connectivity index (χ4n) is 2.80. The van der Waals surface area contributed by atoms with Gasteiger partial charge in [0.15, 0.2) is 0 Å². The topological polar surface area (TPSA) is 120 Å². The molecule has 1 fully saturated rings. The van der Waals surface area contributed by atoms with Gasteiger partial charge in [-0.05, 0) is 24.3 Å². The maximum Gasteiger partial charge on any atom is 0.490 e. The summed E-state index contributed by atoms with van der Waals surface area (Å²) in [4.78, 5) is 36.8. The summed E-state index contributed by atoms with van der Waals surface area (Å²) in [6.07, 6.45) is -10.2. The Balaban J connectivity index is 0.000000286. The summed E-state index contributed by atoms with van der Waals surface area (Å²) in [7, 11) is 0. The molecule has 37 heavy (non-hydrogen) atoms. The highest BCUT2D eigenvalue weighted by Gasteiger charge is 2.38. The first kappa shape index (κ1) is 29.5. The van der Waals surface area contributed by atoms with Crippen LogP contribution in [-0.2, 0) is 9.59 Å². The summed E-state index contributed by atoms with van der Waals surface area (Å²) in [6.45, 7) is 3.29. The second kappa shape index (κ2) is 12.5. The second-order valence-electron chi connectivity index (χ2n) is 7.21. The van der Waals surface area contributed by atoms with Gasteiger partial charge >= 0.3 is 24.3 Å². The van der Waals surface area contributed by atoms with Gasteiger partial charge in [-0.2, -0.15) is 26.3 Å². The van der Waals surface area contributed by atoms with Crippen molar-refractivity contribution in [3.63, 3.8) is 0 Å². The number of aromatic nitrogens is 1. The van der Waals surface area contributed by atoms with Crippen LogP contribution in [0.5, 0.6) is 0 Å². The number of nitrogens with one attached hydrogen (secondary N) is 1. The molecule has 2 aromatic carbocycles. The Kier molecular flexibility index (Phi) is 9.96. The maximum absolute atomic E-state index is 12.5. The van der Waals surface area contributed by atoms with Gasteiger partial charge in [-0.25, -0.2) is 14.6 Å². The van der Waals surface area contributed by atoms with E-state index in [1.54, 1.807) is 11.3 Å². The summed E-state index contributed by atoms with van der Waals surface area (Å²) >= 11 is 1.68. The predicted octanol–water partition coefficient (Wildman–Crippen LogP) is 4.28. The van der Waals surface area contributed by atoms with E-state index in [2.05, 4.69) is 16.4 Å². The molecule has 2 heterocycles. The van der Waals surface area contributed by atoms with Crippen LogP contribution in [0.3, 0.4) is 0 Å². The third-order valence-electron chi connectivity index (χ3n) is 4.56. The number of carbonyl (C=O) groups excluding carboxylic acids is 1. The van der Waals surface area contributed by atoms with E-state index in [0.29, 0.717) is 0 Å². The van der Waals surface area contributed by atoms with Crippen molar-refractivity contribution in [2.75, 3.05) is 26.2 Å². The van der Waals surface area contributed by atoms with Crippen LogP contribution in [-0.4, -0.2) is 76.5 Å². The molecule has 1 amide bonds. The smallest absolute Gasteiger partial charge is 0.475 e. The quantitative estimate of drug-likeness (QED) is 0.407. The van der Waals surface area contributed by atoms with Crippen LogP contribution in [0.4, 0.5) is 26.3 Å². The average Bonchev–Trinajstić information content (AvgIpc) is 3.28. The van der Waals surface area contributed by atoms with E-state index in [1.165, 1.54) is 4.70 Å². The fourth-order valence-corrected chi connectivity index (χ4v) is 3.77. The number of nitrogens with zero attached hydrogens (tertiary/aromatic N) is 2. The number of carbonyl (C=O) groups is 3. The number of aliphatic carboxylic acids is 2. The SMILES string of the molecule is O=C(O)C(F)(F)F.O=C(O)C(F)(F)F.O=C(c1ccc(-c2nc3ccccc3s2)cc1)N1CCNCC1. The molecule has 3 aromatic rings. The minimum absolute atomic E-state index is 0.113. The van der Waals surface area contributed by atoms with Gasteiger partial charge in [0.05, 0.1) is 10.2 Å². The molecule has 3 N–H and O–H groups in total. The van der Waals surface area contributed by atoms with Gasteiger partial charge in [0.25, 0.3) is 5.91 Å². The summed E-state index contributed by atoms with van der Waals surface area (Å²) in [5.41, 5.74) is 2.83. The van der Waals surface area contributed by atoms with Crippen molar-refractivity contribution in [1.82, 2.24) is 15.2 Å². The number of para-hydroxylation sites is 1. The molecule has 15 heteroatoms. The van der Waals surface area contributed by atoms with Gasteiger partial charge in [0, 0.05) is 37.3 Å². The third-order valence-corrected chi connectivity index (χ3v) is 5.65. The number of benzene rings is 2. The van der Waals surface area contributed by atoms with Crippen LogP contribution in [0.15, 0.2) is 48.5 Å². The summed E-state index contributed by atoms with van der Waals surface area (Å²) in [6, 6.07) is 15.9. The fraction of sp³-hybridized carbons (Fsp3) is 0.273. The van der Waals surface area contributed by atoms with Crippen LogP contribution < -0.4 is 5.32 Å². The molecule has 0 aliphatic carbocycles. The molecule has 0 spiro atoms. The Labute approximate surface area is 209 Å². The van der Waals surface area contributed by atoms with E-state index in [-0.39, 0.29) is 5.91 Å². The van der Waals surface area contributed by atoms with Gasteiger partial charge in [-0.1, -0.05) is 24.3 Å². The van der Waals surface area contributed by atoms with E-state index in [4.69, 9.17) is 19.8 Å². The minimum atomic E-state index is -5.08. The van der Waals surface area contributed by atoms with E-state index in [0.717, 1.165) is 47.8 Å². The molecule has 0 bridgehead atoms. The molecule has 1 aliphatic heterocycles. The number of hydrogen-bond donors (Lipinski definition) is 3. The molecule has 0 atom stereocenters. The lowest BCUT2D eigenvalue weighted by molar-refractivity contribution is -0.193. The number of thiazole rings is 1. The molecule has 200 valence electrons. The number of hydrogen-bond acceptors (Lipinski definition) is 6. The predicted molar refractivity (Wildman–Crippen MR) is 121 cm³/mol. The second-order valence-corrected chi connectivity index (χ2v) is 8.24. The number of rotatable bonds is 2. The van der Waals surface area contributed by atoms with Gasteiger partial charge in [0.1, 0.15) is 5.01 Å². The first-order valence-corrected chi connectivity index (χ1v) is 11.1. The molecule has 8 nitrogen and oxygen atoms in total. The minimum Gasteiger partial charge on any atom is -0.475 e. The van der Waals surface area contributed by atoms with E-state index < -0.39 is 24.3 Å². The van der Waals surface area contributed by atoms with E-state index >= 15 is 0 Å². The molecule has 0 radical (unpaired) electrons. The lowest BCUT2D eigenvalue weighted by Gasteiger charge is -2.27. The van der Waals surface area contributed by atoms with Gasteiger partial charge in [-0.3, -0.25) is 4.79 Å². The van der Waals surface area contributed by atoms with Gasteiger partial charge in [-0.15, -0.1) is 11.3 Å². The lowest BCUT2D eigenvalue weighted by atomic mass is 10.1. The zero-order valence-electron chi connectivity index (χ0n) is 18.6. The monoisotopic (exact) mass is 551 g/mol. The van der Waals surface area contributed by atoms with E-state index in [9.17, 15) is 31.1 Å². The van der Waals surface area contributed by atoms with Crippen LogP contribution in [0.25, 0.3) is 20.8 Å². The van der Waals surface area contributed by atoms with Crippen LogP contribution in [0, 0.1) is 0 Å². The standard InChI is InChI=1S/C18H17N3OS.2C2HF3O2/c22-18(21-11-9-19-10-12-21)14-7-5-13(6-8-14)17-20-15-3-1-2-4-16(15)23-17;2*3-2(4,5)1(6)7/h1-8,19H,9-12H2;2*(H,6,7). The first-order chi connectivity index (χ1) is 17.2. The van der Waals surface area contributed by atoms with Crippen LogP contribution in [0.1, 0.15) is 10.4 Å². The molecule has 1 saturated heterocycles. The molecule has 0 saturated carbocycles. The zero-order chi connectivity index (χ0) is 27.8. The Morgan fingerprint density at radius 1 is 0.838 bits per heavy atom. The molecular weight excluding hydrogens is 532 g/mol. The number of carboxylic acid groups (broad SMARTS) is 2. The summed E-state index contributed by atoms with van der Waals surface area (Å²) in [5.74, 6) is -5.40. The highest BCUT2D eigenvalue weighted by molar-refractivity contribution is 7.21. The van der Waals surface area contributed by atoms with Crippen LogP contribution in [0.2, 0.25) is 0 Å². The molecule has 0 unspecified atom stereocenters. The summed E-state index contributed by atoms with van der Waals surface area (Å²) in [5, 5.41) is 18.5. The highest BCUT2D eigenvalue weighted by atomic mass is 32.1. The molecule has 1 aromatic heterocycles. The molecular formula is C22H19F6N3O5S. The number of carboxylic acids is 2. The van der Waals surface area contributed by atoms with Crippen molar-refractivity contribution in [2.24, 2.45) is 0 Å². The first-order valence-electron chi connectivity index (χ1n) is 10.3. The maximum atomic E-state index is 12.5. The Morgan fingerprint density at radius 2 is 1.32 bits per heavy atom. The normalized spacial score (nSPS) is 13.6. The number of alkyl halides is 6. The number of piperazine rings is 1. The van der Waals surface area contributed by atoms with Gasteiger partial charge in [0.2, 0.25) is 0 Å². The van der Waals surface area contributed by atoms with Crippen molar-refractivity contribution in [3.05, 3.63) is 54.1 Å². The van der Waals surface area contributed by atoms with Crippen molar-refractivity contribution in [1.29, 1.82) is 0 Å². The number of halogens is 6. The van der Waals surface area contributed by atoms with Crippen LogP contribution >= 0.6 is 11.3 Å². The zero-order valence-corrected chi connectivity index (χ0v) is 19.5. The molecule has 4 rings (SSSR count). The average molecular weight is 551 g/mol. The van der Waals surface area contributed by atoms with Crippen molar-refractivity contribution in [2.45, 2.75) is 12.4 Å². The third kappa shape index (κ3) is 9.02. The number of fused-ring (bicyclic) bond motifs is 1.